The molecule has 4 aromatic carbocycles. The van der Waals surface area contributed by atoms with Crippen LogP contribution < -0.4 is 10.4 Å². The Morgan fingerprint density at radius 3 is 2.49 bits per heavy atom. The number of amides is 1. The van der Waals surface area contributed by atoms with Gasteiger partial charge in [-0.2, -0.15) is 0 Å². The lowest BCUT2D eigenvalue weighted by Crippen LogP contribution is -2.44. The Labute approximate surface area is 204 Å². The zero-order chi connectivity index (χ0) is 23.8. The fraction of sp³-hybridized carbons (Fsp3) is 0.167. The van der Waals surface area contributed by atoms with Crippen molar-refractivity contribution in [1.29, 1.82) is 0 Å². The number of nitrogens with zero attached hydrogens (tertiary/aromatic N) is 1. The van der Waals surface area contributed by atoms with E-state index >= 15 is 0 Å². The number of nitrogens with one attached hydrogen (secondary N) is 2. The zero-order valence-corrected chi connectivity index (χ0v) is 19.6. The first-order valence-corrected chi connectivity index (χ1v) is 12.1. The number of hydrogen-bond acceptors (Lipinski definition) is 3. The minimum atomic E-state index is -0.440. The van der Waals surface area contributed by atoms with Crippen LogP contribution in [0.15, 0.2) is 97.2 Å². The van der Waals surface area contributed by atoms with E-state index in [1.54, 1.807) is 0 Å². The van der Waals surface area contributed by atoms with Crippen LogP contribution >= 0.6 is 0 Å². The Hall–Kier alpha value is -4.25. The summed E-state index contributed by atoms with van der Waals surface area (Å²) in [6.07, 6.45) is 2.41. The quantitative estimate of drug-likeness (QED) is 0.294. The number of fused-ring (bicyclic) bond motifs is 4. The molecule has 0 unspecified atom stereocenters. The summed E-state index contributed by atoms with van der Waals surface area (Å²) >= 11 is 0. The fourth-order valence-corrected chi connectivity index (χ4v) is 5.40. The molecular weight excluding hydrogens is 434 g/mol. The number of rotatable bonds is 5. The number of benzene rings is 4. The normalized spacial score (nSPS) is 17.0. The van der Waals surface area contributed by atoms with Crippen molar-refractivity contribution in [2.24, 2.45) is 0 Å². The number of para-hydroxylation sites is 1. The van der Waals surface area contributed by atoms with Crippen molar-refractivity contribution in [3.63, 3.8) is 0 Å². The van der Waals surface area contributed by atoms with Crippen LogP contribution in [0.25, 0.3) is 21.7 Å². The second kappa shape index (κ2) is 8.84. The molecule has 0 aliphatic carbocycles. The third-order valence-corrected chi connectivity index (χ3v) is 6.86. The highest BCUT2D eigenvalue weighted by atomic mass is 16.6. The minimum absolute atomic E-state index is 0.00276. The summed E-state index contributed by atoms with van der Waals surface area (Å²) in [6, 6.07) is 31.4. The summed E-state index contributed by atoms with van der Waals surface area (Å²) in [7, 11) is 0. The number of anilines is 1. The van der Waals surface area contributed by atoms with Crippen molar-refractivity contribution in [2.45, 2.75) is 25.3 Å². The molecule has 0 saturated carbocycles. The number of ether oxygens (including phenoxy) is 1. The first-order chi connectivity index (χ1) is 17.3. The smallest absolute Gasteiger partial charge is 0.426 e. The predicted molar refractivity (Wildman–Crippen MR) is 141 cm³/mol. The Morgan fingerprint density at radius 2 is 1.66 bits per heavy atom. The molecule has 1 aromatic heterocycles. The molecule has 0 saturated heterocycles. The van der Waals surface area contributed by atoms with Crippen molar-refractivity contribution < 1.29 is 9.53 Å². The highest BCUT2D eigenvalue weighted by molar-refractivity contribution is 5.95. The standard InChI is InChI=1S/C30H27N3O2/c1-2-18-35-30(34)32-33-26-17-16-20-10-6-7-13-22(20)28(26)27(21-11-4-3-5-12-21)29(33)24-19-31-25-15-9-8-14-23(24)25/h3-17,19,27,29,31H,2,18H2,1H3,(H,32,34)/t27-,29+/m0/s1. The topological polar surface area (TPSA) is 57.4 Å². The molecule has 2 N–H and O–H groups in total. The Balaban J connectivity index is 1.60. The molecule has 1 amide bonds. The van der Waals surface area contributed by atoms with E-state index < -0.39 is 6.09 Å². The Kier molecular flexibility index (Phi) is 5.38. The third kappa shape index (κ3) is 3.60. The van der Waals surface area contributed by atoms with Gasteiger partial charge in [0.05, 0.1) is 18.3 Å². The van der Waals surface area contributed by atoms with Crippen LogP contribution in [0.5, 0.6) is 0 Å². The van der Waals surface area contributed by atoms with Gasteiger partial charge in [-0.3, -0.25) is 5.01 Å². The monoisotopic (exact) mass is 461 g/mol. The molecule has 5 heteroatoms. The van der Waals surface area contributed by atoms with Gasteiger partial charge in [-0.15, -0.1) is 0 Å². The number of carbonyl (C=O) groups is 1. The summed E-state index contributed by atoms with van der Waals surface area (Å²) in [5.41, 5.74) is 8.70. The maximum Gasteiger partial charge on any atom is 0.426 e. The molecular formula is C30H27N3O2. The summed E-state index contributed by atoms with van der Waals surface area (Å²) in [5.74, 6) is 0.00276. The van der Waals surface area contributed by atoms with Crippen LogP contribution in [0.3, 0.4) is 0 Å². The lowest BCUT2D eigenvalue weighted by Gasteiger charge is -2.30. The van der Waals surface area contributed by atoms with Crippen LogP contribution in [-0.4, -0.2) is 17.7 Å². The summed E-state index contributed by atoms with van der Waals surface area (Å²) in [4.78, 5) is 16.3. The molecule has 1 aliphatic rings. The van der Waals surface area contributed by atoms with Gasteiger partial charge < -0.3 is 9.72 Å². The number of aromatic amines is 1. The van der Waals surface area contributed by atoms with E-state index in [4.69, 9.17) is 4.74 Å². The van der Waals surface area contributed by atoms with E-state index in [0.717, 1.165) is 28.6 Å². The lowest BCUT2D eigenvalue weighted by atomic mass is 9.82. The van der Waals surface area contributed by atoms with E-state index in [9.17, 15) is 4.79 Å². The molecule has 5 nitrogen and oxygen atoms in total. The molecule has 2 atom stereocenters. The fourth-order valence-electron chi connectivity index (χ4n) is 5.40. The average molecular weight is 462 g/mol. The largest absolute Gasteiger partial charge is 0.448 e. The molecule has 1 aliphatic heterocycles. The summed E-state index contributed by atoms with van der Waals surface area (Å²) in [6.45, 7) is 2.37. The van der Waals surface area contributed by atoms with Crippen molar-refractivity contribution in [3.8, 4) is 0 Å². The summed E-state index contributed by atoms with van der Waals surface area (Å²) in [5, 5.41) is 5.52. The van der Waals surface area contributed by atoms with Gasteiger partial charge in [-0.05, 0) is 40.5 Å². The van der Waals surface area contributed by atoms with Crippen molar-refractivity contribution >= 4 is 33.5 Å². The third-order valence-electron chi connectivity index (χ3n) is 6.86. The number of hydrogen-bond donors (Lipinski definition) is 2. The molecule has 0 radical (unpaired) electrons. The molecule has 174 valence electrons. The molecule has 0 fully saturated rings. The van der Waals surface area contributed by atoms with Crippen molar-refractivity contribution in [1.82, 2.24) is 10.4 Å². The number of aromatic nitrogens is 1. The molecule has 2 heterocycles. The average Bonchev–Trinajstić information content (AvgIpc) is 3.47. The maximum absolute atomic E-state index is 12.9. The second-order valence-electron chi connectivity index (χ2n) is 8.96. The molecule has 5 aromatic rings. The Morgan fingerprint density at radius 1 is 0.914 bits per heavy atom. The van der Waals surface area contributed by atoms with Crippen molar-refractivity contribution in [3.05, 3.63) is 114 Å². The second-order valence-corrected chi connectivity index (χ2v) is 8.96. The van der Waals surface area contributed by atoms with Gasteiger partial charge in [0.25, 0.3) is 0 Å². The molecule has 0 bridgehead atoms. The SMILES string of the molecule is CCCOC(=O)NN1c2ccc3ccccc3c2[C@H](c2ccccc2)[C@H]1c1c[nH]c2ccccc12. The number of hydrazine groups is 1. The van der Waals surface area contributed by atoms with E-state index in [-0.39, 0.29) is 12.0 Å². The highest BCUT2D eigenvalue weighted by Gasteiger charge is 2.43. The van der Waals surface area contributed by atoms with Gasteiger partial charge in [0.15, 0.2) is 0 Å². The molecule has 0 spiro atoms. The number of H-pyrrole nitrogens is 1. The van der Waals surface area contributed by atoms with Crippen LogP contribution in [0, 0.1) is 0 Å². The van der Waals surface area contributed by atoms with Gasteiger partial charge >= 0.3 is 6.09 Å². The van der Waals surface area contributed by atoms with E-state index in [1.807, 2.05) is 24.1 Å². The van der Waals surface area contributed by atoms with Gasteiger partial charge in [0.1, 0.15) is 0 Å². The van der Waals surface area contributed by atoms with Crippen LogP contribution in [0.4, 0.5) is 10.5 Å². The van der Waals surface area contributed by atoms with Gasteiger partial charge in [-0.1, -0.05) is 85.8 Å². The van der Waals surface area contributed by atoms with Crippen LogP contribution in [-0.2, 0) is 4.74 Å². The summed E-state index contributed by atoms with van der Waals surface area (Å²) < 4.78 is 5.45. The maximum atomic E-state index is 12.9. The van der Waals surface area contributed by atoms with Crippen molar-refractivity contribution in [2.75, 3.05) is 11.6 Å². The van der Waals surface area contributed by atoms with E-state index in [1.165, 1.54) is 21.9 Å². The van der Waals surface area contributed by atoms with E-state index in [0.29, 0.717) is 6.61 Å². The highest BCUT2D eigenvalue weighted by Crippen LogP contribution is 2.54. The van der Waals surface area contributed by atoms with E-state index in [2.05, 4.69) is 95.5 Å². The predicted octanol–water partition coefficient (Wildman–Crippen LogP) is 7.07. The first kappa shape index (κ1) is 21.3. The molecule has 6 rings (SSSR count). The first-order valence-electron chi connectivity index (χ1n) is 12.1. The van der Waals surface area contributed by atoms with Gasteiger partial charge in [0, 0.05) is 28.6 Å². The van der Waals surface area contributed by atoms with Gasteiger partial charge in [-0.25, -0.2) is 10.2 Å². The Bertz CT molecular complexity index is 1510. The van der Waals surface area contributed by atoms with Crippen LogP contribution in [0.2, 0.25) is 0 Å². The molecule has 35 heavy (non-hydrogen) atoms. The van der Waals surface area contributed by atoms with Crippen LogP contribution in [0.1, 0.15) is 42.0 Å². The minimum Gasteiger partial charge on any atom is -0.448 e. The number of carbonyl (C=O) groups excluding carboxylic acids is 1. The van der Waals surface area contributed by atoms with Gasteiger partial charge in [0.2, 0.25) is 0 Å². The zero-order valence-electron chi connectivity index (χ0n) is 19.6. The lowest BCUT2D eigenvalue weighted by molar-refractivity contribution is 0.144.